The lowest BCUT2D eigenvalue weighted by Crippen LogP contribution is -2.54. The molecule has 1 fully saturated rings. The highest BCUT2D eigenvalue weighted by Gasteiger charge is 2.32. The fraction of sp³-hybridized carbons (Fsp3) is 0.472. The van der Waals surface area contributed by atoms with Gasteiger partial charge in [-0.25, -0.2) is 0 Å². The molecular weight excluding hydrogens is 600 g/mol. The lowest BCUT2D eigenvalue weighted by atomic mass is 10.0. The number of hydrogen-bond acceptors (Lipinski definition) is 9. The van der Waals surface area contributed by atoms with E-state index >= 15 is 0 Å². The predicted octanol–water partition coefficient (Wildman–Crippen LogP) is 4.07. The summed E-state index contributed by atoms with van der Waals surface area (Å²) in [6.45, 7) is 10.4. The highest BCUT2D eigenvalue weighted by atomic mass is 16.5. The van der Waals surface area contributed by atoms with Crippen LogP contribution in [-0.2, 0) is 28.6 Å². The van der Waals surface area contributed by atoms with Crippen LogP contribution in [0.5, 0.6) is 0 Å². The minimum absolute atomic E-state index is 0.0388. The van der Waals surface area contributed by atoms with E-state index in [4.69, 9.17) is 14.2 Å². The van der Waals surface area contributed by atoms with Crippen molar-refractivity contribution in [3.8, 4) is 0 Å². The van der Waals surface area contributed by atoms with Gasteiger partial charge in [0.05, 0.1) is 23.4 Å². The molecule has 1 aromatic heterocycles. The fourth-order valence-electron chi connectivity index (χ4n) is 5.50. The molecule has 11 nitrogen and oxygen atoms in total. The van der Waals surface area contributed by atoms with E-state index < -0.39 is 30.3 Å². The van der Waals surface area contributed by atoms with Crippen LogP contribution in [-0.4, -0.2) is 114 Å². The monoisotopic (exact) mass is 646 g/mol. The first-order chi connectivity index (χ1) is 22.5. The molecule has 4 rings (SSSR count). The Labute approximate surface area is 276 Å². The number of methoxy groups -OCH3 is 1. The summed E-state index contributed by atoms with van der Waals surface area (Å²) in [5.41, 5.74) is 3.42. The van der Waals surface area contributed by atoms with Gasteiger partial charge in [0.25, 0.3) is 5.91 Å². The molecule has 47 heavy (non-hydrogen) atoms. The summed E-state index contributed by atoms with van der Waals surface area (Å²) >= 11 is 0. The van der Waals surface area contributed by atoms with Crippen LogP contribution in [0, 0.1) is 5.92 Å². The molecule has 3 aromatic rings. The smallest absolute Gasteiger partial charge is 0.253 e. The molecule has 0 radical (unpaired) electrons. The van der Waals surface area contributed by atoms with E-state index in [1.807, 2.05) is 72.5 Å². The molecule has 0 bridgehead atoms. The van der Waals surface area contributed by atoms with Crippen molar-refractivity contribution in [3.05, 3.63) is 65.4 Å². The second-order valence-corrected chi connectivity index (χ2v) is 12.1. The van der Waals surface area contributed by atoms with E-state index in [-0.39, 0.29) is 36.5 Å². The Balaban J connectivity index is 1.22. The standard InChI is InChI=1S/C36H46N4O7/c1-23(33(41)22-46-26(4)34(42)21-45-6)25(3)47-27(5)35(43)24(2)39-17-19-40(20-18-39)36(44)29-14-11-28(12-15-29)13-16-32-30-9-7-8-10-31(30)37-38-32/h7-16,23-27H,17-22H2,1-6H3,(H,37,38)/b16-13+. The number of carbonyl (C=O) groups excluding carboxylic acids is 4. The summed E-state index contributed by atoms with van der Waals surface area (Å²) in [6, 6.07) is 15.1. The third kappa shape index (κ3) is 9.29. The number of hydrogen-bond donors (Lipinski definition) is 1. The van der Waals surface area contributed by atoms with Crippen LogP contribution in [0.3, 0.4) is 0 Å². The highest BCUT2D eigenvalue weighted by Crippen LogP contribution is 2.19. The maximum Gasteiger partial charge on any atom is 0.253 e. The highest BCUT2D eigenvalue weighted by molar-refractivity contribution is 5.95. The molecule has 0 saturated carbocycles. The number of Topliss-reactive ketones (excluding diaryl/α,β-unsaturated/α-hetero) is 3. The number of piperazine rings is 1. The van der Waals surface area contributed by atoms with Crippen molar-refractivity contribution in [3.63, 3.8) is 0 Å². The van der Waals surface area contributed by atoms with Crippen LogP contribution in [0.25, 0.3) is 23.1 Å². The van der Waals surface area contributed by atoms with Crippen molar-refractivity contribution >= 4 is 46.3 Å². The molecular formula is C36H46N4O7. The van der Waals surface area contributed by atoms with Gasteiger partial charge in [-0.2, -0.15) is 5.10 Å². The first-order valence-electron chi connectivity index (χ1n) is 16.1. The minimum atomic E-state index is -0.748. The molecule has 2 aromatic carbocycles. The fourth-order valence-corrected chi connectivity index (χ4v) is 5.50. The molecule has 0 spiro atoms. The van der Waals surface area contributed by atoms with Gasteiger partial charge in [-0.05, 0) is 57.5 Å². The van der Waals surface area contributed by atoms with Gasteiger partial charge in [-0.1, -0.05) is 43.3 Å². The SMILES string of the molecule is COCC(=O)C(C)OCC(=O)C(C)C(C)OC(C)C(=O)C(C)N1CCN(C(=O)c2ccc(/C=C/c3n[nH]c4ccccc34)cc2)CC1. The number of aromatic amines is 1. The summed E-state index contributed by atoms with van der Waals surface area (Å²) in [4.78, 5) is 54.8. The number of nitrogens with zero attached hydrogens (tertiary/aromatic N) is 3. The first-order valence-corrected chi connectivity index (χ1v) is 16.1. The van der Waals surface area contributed by atoms with E-state index in [2.05, 4.69) is 15.1 Å². The number of nitrogens with one attached hydrogen (secondary N) is 1. The van der Waals surface area contributed by atoms with E-state index in [9.17, 15) is 19.2 Å². The average molecular weight is 647 g/mol. The topological polar surface area (TPSA) is 131 Å². The Kier molecular flexibility index (Phi) is 12.7. The second kappa shape index (κ2) is 16.7. The number of ether oxygens (including phenoxy) is 3. The van der Waals surface area contributed by atoms with Crippen LogP contribution < -0.4 is 0 Å². The van der Waals surface area contributed by atoms with Crippen LogP contribution in [0.4, 0.5) is 0 Å². The van der Waals surface area contributed by atoms with E-state index in [0.29, 0.717) is 31.7 Å². The van der Waals surface area contributed by atoms with Crippen LogP contribution in [0.2, 0.25) is 0 Å². The summed E-state index contributed by atoms with van der Waals surface area (Å²) in [5, 5.41) is 8.45. The predicted molar refractivity (Wildman–Crippen MR) is 180 cm³/mol. The van der Waals surface area contributed by atoms with E-state index in [1.165, 1.54) is 7.11 Å². The van der Waals surface area contributed by atoms with Gasteiger partial charge in [0.1, 0.15) is 25.4 Å². The molecule has 1 aliphatic rings. The average Bonchev–Trinajstić information content (AvgIpc) is 3.51. The van der Waals surface area contributed by atoms with Crippen LogP contribution in [0.1, 0.15) is 56.2 Å². The number of carbonyl (C=O) groups is 4. The largest absolute Gasteiger partial charge is 0.377 e. The molecule has 5 unspecified atom stereocenters. The van der Waals surface area contributed by atoms with Crippen molar-refractivity contribution in [1.82, 2.24) is 20.0 Å². The number of para-hydroxylation sites is 1. The Morgan fingerprint density at radius 2 is 1.53 bits per heavy atom. The zero-order valence-corrected chi connectivity index (χ0v) is 28.1. The van der Waals surface area contributed by atoms with Gasteiger partial charge in [-0.15, -0.1) is 0 Å². The van der Waals surface area contributed by atoms with E-state index in [0.717, 1.165) is 22.2 Å². The van der Waals surface area contributed by atoms with Gasteiger partial charge in [0.15, 0.2) is 17.3 Å². The number of benzene rings is 2. The van der Waals surface area contributed by atoms with Crippen molar-refractivity contribution in [2.24, 2.45) is 5.92 Å². The molecule has 1 amide bonds. The number of rotatable bonds is 16. The molecule has 252 valence electrons. The lowest BCUT2D eigenvalue weighted by Gasteiger charge is -2.38. The van der Waals surface area contributed by atoms with Crippen LogP contribution >= 0.6 is 0 Å². The maximum absolute atomic E-state index is 13.3. The molecule has 11 heteroatoms. The molecule has 1 N–H and O–H groups in total. The van der Waals surface area contributed by atoms with Crippen LogP contribution in [0.15, 0.2) is 48.5 Å². The third-order valence-corrected chi connectivity index (χ3v) is 8.90. The van der Waals surface area contributed by atoms with Crippen molar-refractivity contribution in [2.75, 3.05) is 46.5 Å². The zero-order chi connectivity index (χ0) is 34.1. The quantitative estimate of drug-likeness (QED) is 0.245. The number of amides is 1. The maximum atomic E-state index is 13.3. The molecule has 2 heterocycles. The van der Waals surface area contributed by atoms with Gasteiger partial charge >= 0.3 is 0 Å². The Morgan fingerprint density at radius 1 is 0.851 bits per heavy atom. The summed E-state index contributed by atoms with van der Waals surface area (Å²) in [7, 11) is 1.42. The van der Waals surface area contributed by atoms with Crippen molar-refractivity contribution in [1.29, 1.82) is 0 Å². The Morgan fingerprint density at radius 3 is 2.21 bits per heavy atom. The third-order valence-electron chi connectivity index (χ3n) is 8.90. The zero-order valence-electron chi connectivity index (χ0n) is 28.1. The summed E-state index contributed by atoms with van der Waals surface area (Å²) < 4.78 is 16.2. The second-order valence-electron chi connectivity index (χ2n) is 12.1. The normalized spacial score (nSPS) is 17.4. The van der Waals surface area contributed by atoms with Crippen molar-refractivity contribution < 1.29 is 33.4 Å². The minimum Gasteiger partial charge on any atom is -0.377 e. The summed E-state index contributed by atoms with van der Waals surface area (Å²) in [5.74, 6) is -1.10. The number of ketones is 3. The molecule has 0 aliphatic carbocycles. The van der Waals surface area contributed by atoms with E-state index in [1.54, 1.807) is 27.7 Å². The lowest BCUT2D eigenvalue weighted by molar-refractivity contribution is -0.147. The van der Waals surface area contributed by atoms with Gasteiger partial charge in [0, 0.05) is 50.2 Å². The van der Waals surface area contributed by atoms with Gasteiger partial charge in [0.2, 0.25) is 0 Å². The number of H-pyrrole nitrogens is 1. The van der Waals surface area contributed by atoms with Crippen molar-refractivity contribution in [2.45, 2.75) is 59.0 Å². The summed E-state index contributed by atoms with van der Waals surface area (Å²) in [6.07, 6.45) is 1.93. The molecule has 1 aliphatic heterocycles. The number of fused-ring (bicyclic) bond motifs is 1. The Hall–Kier alpha value is -4.03. The first kappa shape index (κ1) is 35.8. The number of aromatic nitrogens is 2. The van der Waals surface area contributed by atoms with Gasteiger partial charge in [-0.3, -0.25) is 29.2 Å². The molecule has 5 atom stereocenters. The Bertz CT molecular complexity index is 1560. The molecule has 1 saturated heterocycles. The van der Waals surface area contributed by atoms with Gasteiger partial charge < -0.3 is 19.1 Å².